The van der Waals surface area contributed by atoms with Crippen LogP contribution in [0.25, 0.3) is 0 Å². The highest BCUT2D eigenvalue weighted by Crippen LogP contribution is 2.20. The highest BCUT2D eigenvalue weighted by molar-refractivity contribution is 6.06. The molecule has 0 bridgehead atoms. The van der Waals surface area contributed by atoms with E-state index >= 15 is 0 Å². The summed E-state index contributed by atoms with van der Waals surface area (Å²) in [6, 6.07) is 16.5. The fourth-order valence-electron chi connectivity index (χ4n) is 3.26. The summed E-state index contributed by atoms with van der Waals surface area (Å²) < 4.78 is 5.84. The fraction of sp³-hybridized carbons (Fsp3) is 0.458. The topological polar surface area (TPSA) is 63.0 Å². The third kappa shape index (κ3) is 8.26. The van der Waals surface area contributed by atoms with E-state index in [1.54, 1.807) is 12.1 Å². The van der Waals surface area contributed by atoms with Gasteiger partial charge in [-0.2, -0.15) is 0 Å². The Morgan fingerprint density at radius 1 is 1.00 bits per heavy atom. The molecule has 0 spiro atoms. The number of amides is 1. The number of nitrogens with one attached hydrogen (secondary N) is 2. The van der Waals surface area contributed by atoms with E-state index in [-0.39, 0.29) is 12.5 Å². The van der Waals surface area contributed by atoms with E-state index in [9.17, 15) is 9.90 Å². The molecular formula is C24H35N2O3+. The van der Waals surface area contributed by atoms with Crippen LogP contribution in [0.3, 0.4) is 0 Å². The molecule has 0 aliphatic heterocycles. The zero-order valence-electron chi connectivity index (χ0n) is 17.7. The molecule has 1 atom stereocenters. The average Bonchev–Trinajstić information content (AvgIpc) is 2.75. The number of benzene rings is 2. The minimum atomic E-state index is -0.566. The second kappa shape index (κ2) is 13.0. The Morgan fingerprint density at radius 2 is 1.62 bits per heavy atom. The average molecular weight is 400 g/mol. The zero-order valence-corrected chi connectivity index (χ0v) is 17.7. The molecule has 0 saturated heterocycles. The lowest BCUT2D eigenvalue weighted by Gasteiger charge is -2.22. The molecule has 3 N–H and O–H groups in total. The summed E-state index contributed by atoms with van der Waals surface area (Å²) in [5.74, 6) is 0.267. The number of para-hydroxylation sites is 2. The van der Waals surface area contributed by atoms with Crippen molar-refractivity contribution in [3.8, 4) is 5.75 Å². The standard InChI is InChI=1S/C24H34N2O3/c1-3-5-16-26(17-6-4-2)18-21(27)19-29-23-15-11-10-14-22(23)24(28)25-20-12-8-7-9-13-20/h7-15,21,27H,3-6,16-19H2,1-2H3,(H,25,28)/p+1/t21-/m0/s1. The Labute approximate surface area is 174 Å². The molecule has 2 rings (SSSR count). The van der Waals surface area contributed by atoms with Gasteiger partial charge in [-0.3, -0.25) is 4.79 Å². The van der Waals surface area contributed by atoms with Crippen LogP contribution in [-0.4, -0.2) is 43.4 Å². The van der Waals surface area contributed by atoms with Gasteiger partial charge in [-0.15, -0.1) is 0 Å². The normalized spacial score (nSPS) is 12.0. The number of rotatable bonds is 13. The SMILES string of the molecule is CCCC[NH+](CCCC)C[C@H](O)COc1ccccc1C(=O)Nc1ccccc1. The minimum Gasteiger partial charge on any atom is -0.490 e. The molecule has 2 aromatic rings. The van der Waals surface area contributed by atoms with Gasteiger partial charge in [-0.25, -0.2) is 0 Å². The highest BCUT2D eigenvalue weighted by atomic mass is 16.5. The molecule has 0 heterocycles. The van der Waals surface area contributed by atoms with Gasteiger partial charge >= 0.3 is 0 Å². The minimum absolute atomic E-state index is 0.178. The lowest BCUT2D eigenvalue weighted by atomic mass is 10.1. The number of anilines is 1. The van der Waals surface area contributed by atoms with E-state index in [1.807, 2.05) is 42.5 Å². The van der Waals surface area contributed by atoms with Crippen molar-refractivity contribution < 1.29 is 19.5 Å². The van der Waals surface area contributed by atoms with Crippen LogP contribution in [-0.2, 0) is 0 Å². The zero-order chi connectivity index (χ0) is 20.9. The molecular weight excluding hydrogens is 364 g/mol. The van der Waals surface area contributed by atoms with Gasteiger partial charge in [0.2, 0.25) is 0 Å². The molecule has 0 saturated carbocycles. The van der Waals surface area contributed by atoms with Gasteiger partial charge in [0.25, 0.3) is 5.91 Å². The van der Waals surface area contributed by atoms with E-state index in [0.717, 1.165) is 44.5 Å². The molecule has 158 valence electrons. The molecule has 5 nitrogen and oxygen atoms in total. The van der Waals surface area contributed by atoms with Crippen molar-refractivity contribution in [3.63, 3.8) is 0 Å². The van der Waals surface area contributed by atoms with Gasteiger partial charge in [-0.05, 0) is 37.1 Å². The van der Waals surface area contributed by atoms with Gasteiger partial charge in [0, 0.05) is 5.69 Å². The summed E-state index contributed by atoms with van der Waals surface area (Å²) in [6.45, 7) is 7.37. The first-order valence-electron chi connectivity index (χ1n) is 10.7. The van der Waals surface area contributed by atoms with Gasteiger partial charge < -0.3 is 20.1 Å². The van der Waals surface area contributed by atoms with Crippen LogP contribution in [0.1, 0.15) is 49.9 Å². The van der Waals surface area contributed by atoms with Gasteiger partial charge in [0.1, 0.15) is 25.0 Å². The molecule has 29 heavy (non-hydrogen) atoms. The second-order valence-corrected chi connectivity index (χ2v) is 7.44. The molecule has 1 amide bonds. The maximum Gasteiger partial charge on any atom is 0.259 e. The Kier molecular flexibility index (Phi) is 10.2. The van der Waals surface area contributed by atoms with Crippen molar-refractivity contribution in [1.29, 1.82) is 0 Å². The number of aliphatic hydroxyl groups excluding tert-OH is 1. The van der Waals surface area contributed by atoms with Crippen molar-refractivity contribution >= 4 is 11.6 Å². The number of ether oxygens (including phenoxy) is 1. The van der Waals surface area contributed by atoms with E-state index < -0.39 is 6.10 Å². The number of quaternary nitrogens is 1. The maximum atomic E-state index is 12.6. The largest absolute Gasteiger partial charge is 0.490 e. The van der Waals surface area contributed by atoms with Crippen molar-refractivity contribution in [3.05, 3.63) is 60.2 Å². The molecule has 0 unspecified atom stereocenters. The molecule has 0 aromatic heterocycles. The van der Waals surface area contributed by atoms with Crippen molar-refractivity contribution in [2.24, 2.45) is 0 Å². The van der Waals surface area contributed by atoms with E-state index in [0.29, 0.717) is 17.9 Å². The Balaban J connectivity index is 1.93. The van der Waals surface area contributed by atoms with Crippen LogP contribution in [0, 0.1) is 0 Å². The predicted molar refractivity (Wildman–Crippen MR) is 118 cm³/mol. The summed E-state index contributed by atoms with van der Waals surface area (Å²) in [4.78, 5) is 14.1. The molecule has 2 aromatic carbocycles. The van der Waals surface area contributed by atoms with Crippen LogP contribution >= 0.6 is 0 Å². The van der Waals surface area contributed by atoms with Crippen LogP contribution in [0.2, 0.25) is 0 Å². The second-order valence-electron chi connectivity index (χ2n) is 7.44. The van der Waals surface area contributed by atoms with Crippen LogP contribution in [0.5, 0.6) is 5.75 Å². The molecule has 0 radical (unpaired) electrons. The lowest BCUT2D eigenvalue weighted by Crippen LogP contribution is -3.13. The number of hydrogen-bond acceptors (Lipinski definition) is 3. The van der Waals surface area contributed by atoms with Crippen LogP contribution < -0.4 is 15.0 Å². The number of carbonyl (C=O) groups is 1. The molecule has 0 aliphatic rings. The first-order chi connectivity index (χ1) is 14.1. The molecule has 0 aliphatic carbocycles. The molecule has 0 fully saturated rings. The van der Waals surface area contributed by atoms with Crippen molar-refractivity contribution in [1.82, 2.24) is 0 Å². The van der Waals surface area contributed by atoms with Gasteiger partial charge in [-0.1, -0.05) is 57.0 Å². The third-order valence-electron chi connectivity index (χ3n) is 4.89. The smallest absolute Gasteiger partial charge is 0.259 e. The summed E-state index contributed by atoms with van der Waals surface area (Å²) >= 11 is 0. The fourth-order valence-corrected chi connectivity index (χ4v) is 3.26. The van der Waals surface area contributed by atoms with Crippen LogP contribution in [0.4, 0.5) is 5.69 Å². The van der Waals surface area contributed by atoms with Crippen molar-refractivity contribution in [2.45, 2.75) is 45.6 Å². The van der Waals surface area contributed by atoms with Crippen LogP contribution in [0.15, 0.2) is 54.6 Å². The number of unbranched alkanes of at least 4 members (excludes halogenated alkanes) is 2. The number of aliphatic hydroxyl groups is 1. The van der Waals surface area contributed by atoms with Gasteiger partial charge in [0.15, 0.2) is 0 Å². The predicted octanol–water partition coefficient (Wildman–Crippen LogP) is 3.16. The van der Waals surface area contributed by atoms with E-state index in [4.69, 9.17) is 4.74 Å². The molecule has 5 heteroatoms. The first kappa shape index (κ1) is 22.9. The van der Waals surface area contributed by atoms with E-state index in [1.165, 1.54) is 4.90 Å². The maximum absolute atomic E-state index is 12.6. The third-order valence-corrected chi connectivity index (χ3v) is 4.89. The number of carbonyl (C=O) groups excluding carboxylic acids is 1. The quantitative estimate of drug-likeness (QED) is 0.485. The first-order valence-corrected chi connectivity index (χ1v) is 10.7. The summed E-state index contributed by atoms with van der Waals surface area (Å²) in [6.07, 6.45) is 4.08. The van der Waals surface area contributed by atoms with E-state index in [2.05, 4.69) is 19.2 Å². The summed E-state index contributed by atoms with van der Waals surface area (Å²) in [5, 5.41) is 13.4. The number of hydrogen-bond donors (Lipinski definition) is 3. The lowest BCUT2D eigenvalue weighted by molar-refractivity contribution is -0.903. The Morgan fingerprint density at radius 3 is 2.28 bits per heavy atom. The summed E-state index contributed by atoms with van der Waals surface area (Å²) in [7, 11) is 0. The summed E-state index contributed by atoms with van der Waals surface area (Å²) in [5.41, 5.74) is 1.20. The Hall–Kier alpha value is -2.37. The van der Waals surface area contributed by atoms with Crippen molar-refractivity contribution in [2.75, 3.05) is 31.6 Å². The van der Waals surface area contributed by atoms with Gasteiger partial charge in [0.05, 0.1) is 18.7 Å². The Bertz CT molecular complexity index is 713. The highest BCUT2D eigenvalue weighted by Gasteiger charge is 2.17. The monoisotopic (exact) mass is 399 g/mol.